The summed E-state index contributed by atoms with van der Waals surface area (Å²) in [5.41, 5.74) is 4.41. The molecule has 4 rings (SSSR count). The van der Waals surface area contributed by atoms with Gasteiger partial charge in [0.25, 0.3) is 5.91 Å². The summed E-state index contributed by atoms with van der Waals surface area (Å²) in [7, 11) is 0. The summed E-state index contributed by atoms with van der Waals surface area (Å²) in [6.45, 7) is 1.84. The second-order valence-corrected chi connectivity index (χ2v) is 6.38. The zero-order chi connectivity index (χ0) is 18.8. The van der Waals surface area contributed by atoms with Crippen LogP contribution in [0.1, 0.15) is 22.8 Å². The Morgan fingerprint density at radius 1 is 0.852 bits per heavy atom. The van der Waals surface area contributed by atoms with Crippen molar-refractivity contribution in [1.29, 1.82) is 0 Å². The minimum atomic E-state index is -0.440. The molecule has 0 heterocycles. The first-order valence-electron chi connectivity index (χ1n) is 8.68. The molecular formula is C23H18N2O2. The molecule has 0 aliphatic rings. The number of amides is 1. The van der Waals surface area contributed by atoms with Crippen LogP contribution in [0.4, 0.5) is 0 Å². The smallest absolute Gasteiger partial charge is 0.275 e. The van der Waals surface area contributed by atoms with E-state index in [2.05, 4.69) is 16.6 Å². The van der Waals surface area contributed by atoms with Crippen LogP contribution in [0.15, 0.2) is 84.0 Å². The Labute approximate surface area is 156 Å². The Hall–Kier alpha value is -3.66. The number of aromatic hydroxyl groups is 1. The highest BCUT2D eigenvalue weighted by Gasteiger charge is 2.15. The third-order valence-corrected chi connectivity index (χ3v) is 4.63. The largest absolute Gasteiger partial charge is 0.507 e. The summed E-state index contributed by atoms with van der Waals surface area (Å²) < 4.78 is 0. The molecule has 0 saturated carbocycles. The summed E-state index contributed by atoms with van der Waals surface area (Å²) in [5.74, 6) is -0.505. The van der Waals surface area contributed by atoms with E-state index in [1.165, 1.54) is 6.07 Å². The van der Waals surface area contributed by atoms with Crippen molar-refractivity contribution in [3.63, 3.8) is 0 Å². The molecule has 4 aromatic carbocycles. The predicted molar refractivity (Wildman–Crippen MR) is 109 cm³/mol. The standard InChI is InChI=1S/C23H18N2O2/c1-15(18-11-10-16-6-2-3-8-19(16)14-18)24-25-23(27)22-20-9-5-4-7-17(20)12-13-21(22)26/h2-14,26H,1H3,(H,25,27)/b24-15+. The third-order valence-electron chi connectivity index (χ3n) is 4.63. The van der Waals surface area contributed by atoms with Crippen molar-refractivity contribution in [2.75, 3.05) is 0 Å². The number of carbonyl (C=O) groups is 1. The maximum atomic E-state index is 12.6. The molecule has 27 heavy (non-hydrogen) atoms. The molecule has 4 nitrogen and oxygen atoms in total. The first-order chi connectivity index (χ1) is 13.1. The van der Waals surface area contributed by atoms with E-state index < -0.39 is 5.91 Å². The zero-order valence-electron chi connectivity index (χ0n) is 14.8. The van der Waals surface area contributed by atoms with E-state index >= 15 is 0 Å². The number of fused-ring (bicyclic) bond motifs is 2. The second kappa shape index (κ2) is 6.92. The Morgan fingerprint density at radius 2 is 1.52 bits per heavy atom. The van der Waals surface area contributed by atoms with Gasteiger partial charge in [0.1, 0.15) is 5.75 Å². The molecule has 0 atom stereocenters. The topological polar surface area (TPSA) is 61.7 Å². The summed E-state index contributed by atoms with van der Waals surface area (Å²) in [6.07, 6.45) is 0. The number of phenols is 1. The van der Waals surface area contributed by atoms with E-state index in [-0.39, 0.29) is 11.3 Å². The summed E-state index contributed by atoms with van der Waals surface area (Å²) in [5, 5.41) is 18.2. The lowest BCUT2D eigenvalue weighted by Gasteiger charge is -2.08. The van der Waals surface area contributed by atoms with Crippen LogP contribution in [0.3, 0.4) is 0 Å². The quantitative estimate of drug-likeness (QED) is 0.408. The molecule has 4 heteroatoms. The summed E-state index contributed by atoms with van der Waals surface area (Å²) in [6, 6.07) is 24.9. The van der Waals surface area contributed by atoms with Crippen molar-refractivity contribution in [2.45, 2.75) is 6.92 Å². The SMILES string of the molecule is C/C(=N\NC(=O)c1c(O)ccc2ccccc12)c1ccc2ccccc2c1. The first kappa shape index (κ1) is 16.8. The molecule has 0 fully saturated rings. The van der Waals surface area contributed by atoms with Crippen LogP contribution >= 0.6 is 0 Å². The van der Waals surface area contributed by atoms with E-state index in [0.717, 1.165) is 21.7 Å². The number of hydrazone groups is 1. The molecule has 132 valence electrons. The van der Waals surface area contributed by atoms with Gasteiger partial charge in [-0.15, -0.1) is 0 Å². The fraction of sp³-hybridized carbons (Fsp3) is 0.0435. The van der Waals surface area contributed by atoms with Gasteiger partial charge in [-0.2, -0.15) is 5.10 Å². The van der Waals surface area contributed by atoms with Crippen molar-refractivity contribution in [1.82, 2.24) is 5.43 Å². The third kappa shape index (κ3) is 3.25. The number of hydrogen-bond donors (Lipinski definition) is 2. The molecule has 0 unspecified atom stereocenters. The Balaban J connectivity index is 1.64. The second-order valence-electron chi connectivity index (χ2n) is 6.38. The maximum Gasteiger partial charge on any atom is 0.275 e. The Morgan fingerprint density at radius 3 is 2.33 bits per heavy atom. The highest BCUT2D eigenvalue weighted by Crippen LogP contribution is 2.27. The van der Waals surface area contributed by atoms with Crippen LogP contribution in [0, 0.1) is 0 Å². The molecule has 0 aliphatic heterocycles. The maximum absolute atomic E-state index is 12.6. The van der Waals surface area contributed by atoms with Gasteiger partial charge in [0.2, 0.25) is 0 Å². The lowest BCUT2D eigenvalue weighted by Crippen LogP contribution is -2.19. The lowest BCUT2D eigenvalue weighted by atomic mass is 10.0. The molecule has 0 spiro atoms. The van der Waals surface area contributed by atoms with Crippen molar-refractivity contribution in [3.8, 4) is 5.75 Å². The molecule has 2 N–H and O–H groups in total. The van der Waals surface area contributed by atoms with E-state index in [4.69, 9.17) is 0 Å². The number of nitrogens with one attached hydrogen (secondary N) is 1. The average molecular weight is 354 g/mol. The van der Waals surface area contributed by atoms with Gasteiger partial charge in [-0.3, -0.25) is 4.79 Å². The van der Waals surface area contributed by atoms with Crippen molar-refractivity contribution < 1.29 is 9.90 Å². The number of hydrogen-bond acceptors (Lipinski definition) is 3. The van der Waals surface area contributed by atoms with Crippen LogP contribution in [0.25, 0.3) is 21.5 Å². The lowest BCUT2D eigenvalue weighted by molar-refractivity contribution is 0.0954. The fourth-order valence-corrected chi connectivity index (χ4v) is 3.17. The van der Waals surface area contributed by atoms with E-state index in [1.54, 1.807) is 6.07 Å². The number of carbonyl (C=O) groups excluding carboxylic acids is 1. The van der Waals surface area contributed by atoms with E-state index in [1.807, 2.05) is 67.6 Å². The molecule has 0 radical (unpaired) electrons. The van der Waals surface area contributed by atoms with E-state index in [0.29, 0.717) is 11.1 Å². The fourth-order valence-electron chi connectivity index (χ4n) is 3.17. The molecular weight excluding hydrogens is 336 g/mol. The number of nitrogens with zero attached hydrogens (tertiary/aromatic N) is 1. The van der Waals surface area contributed by atoms with Crippen LogP contribution < -0.4 is 5.43 Å². The van der Waals surface area contributed by atoms with Crippen LogP contribution in [0.5, 0.6) is 5.75 Å². The Kier molecular flexibility index (Phi) is 4.30. The van der Waals surface area contributed by atoms with E-state index in [9.17, 15) is 9.90 Å². The summed E-state index contributed by atoms with van der Waals surface area (Å²) in [4.78, 5) is 12.6. The highest BCUT2D eigenvalue weighted by atomic mass is 16.3. The summed E-state index contributed by atoms with van der Waals surface area (Å²) >= 11 is 0. The van der Waals surface area contributed by atoms with Gasteiger partial charge in [0.05, 0.1) is 11.3 Å². The monoisotopic (exact) mass is 354 g/mol. The highest BCUT2D eigenvalue weighted by molar-refractivity contribution is 6.10. The number of rotatable bonds is 3. The van der Waals surface area contributed by atoms with Crippen LogP contribution in [0.2, 0.25) is 0 Å². The Bertz CT molecular complexity index is 1200. The van der Waals surface area contributed by atoms with Crippen LogP contribution in [-0.4, -0.2) is 16.7 Å². The number of benzene rings is 4. The predicted octanol–water partition coefficient (Wildman–Crippen LogP) is 4.85. The van der Waals surface area contributed by atoms with Gasteiger partial charge >= 0.3 is 0 Å². The van der Waals surface area contributed by atoms with Gasteiger partial charge < -0.3 is 5.11 Å². The van der Waals surface area contributed by atoms with Crippen molar-refractivity contribution >= 4 is 33.2 Å². The normalized spacial score (nSPS) is 11.7. The van der Waals surface area contributed by atoms with Gasteiger partial charge in [-0.1, -0.05) is 66.7 Å². The number of phenolic OH excluding ortho intramolecular Hbond substituents is 1. The first-order valence-corrected chi connectivity index (χ1v) is 8.68. The van der Waals surface area contributed by atoms with Gasteiger partial charge in [0, 0.05) is 0 Å². The average Bonchev–Trinajstić information content (AvgIpc) is 2.71. The molecule has 0 bridgehead atoms. The minimum absolute atomic E-state index is 0.0650. The molecule has 0 saturated heterocycles. The molecule has 0 aromatic heterocycles. The van der Waals surface area contributed by atoms with Crippen molar-refractivity contribution in [3.05, 3.63) is 90.0 Å². The van der Waals surface area contributed by atoms with Gasteiger partial charge in [-0.25, -0.2) is 5.43 Å². The zero-order valence-corrected chi connectivity index (χ0v) is 14.8. The molecule has 1 amide bonds. The molecule has 0 aliphatic carbocycles. The molecule has 4 aromatic rings. The van der Waals surface area contributed by atoms with Gasteiger partial charge in [-0.05, 0) is 46.2 Å². The van der Waals surface area contributed by atoms with Gasteiger partial charge in [0.15, 0.2) is 0 Å². The minimum Gasteiger partial charge on any atom is -0.507 e. The van der Waals surface area contributed by atoms with Crippen LogP contribution in [-0.2, 0) is 0 Å². The van der Waals surface area contributed by atoms with Crippen molar-refractivity contribution in [2.24, 2.45) is 5.10 Å².